The van der Waals surface area contributed by atoms with Crippen LogP contribution in [0.2, 0.25) is 0 Å². The number of nitrogens with zero attached hydrogens (tertiary/aromatic N) is 3. The molecule has 7 heteroatoms. The Morgan fingerprint density at radius 1 is 1.03 bits per heavy atom. The fraction of sp³-hybridized carbons (Fsp3) is 0.409. The van der Waals surface area contributed by atoms with Gasteiger partial charge in [0.1, 0.15) is 11.6 Å². The number of benzene rings is 1. The highest BCUT2D eigenvalue weighted by Crippen LogP contribution is 2.16. The van der Waals surface area contributed by atoms with Crippen LogP contribution in [0.4, 0.5) is 5.82 Å². The molecule has 7 nitrogen and oxygen atoms in total. The highest BCUT2D eigenvalue weighted by molar-refractivity contribution is 5.89. The van der Waals surface area contributed by atoms with Crippen molar-refractivity contribution >= 4 is 17.7 Å². The maximum absolute atomic E-state index is 12.5. The fourth-order valence-corrected chi connectivity index (χ4v) is 3.29. The summed E-state index contributed by atoms with van der Waals surface area (Å²) < 4.78 is 10.1. The van der Waals surface area contributed by atoms with E-state index in [2.05, 4.69) is 9.88 Å². The SMILES string of the molecule is CCOC(=O)c1ccc(N2CCN(C(=O)CCc3ccc(OC)cc3)CC2)nc1. The van der Waals surface area contributed by atoms with E-state index in [0.717, 1.165) is 36.6 Å². The number of esters is 1. The smallest absolute Gasteiger partial charge is 0.339 e. The molecule has 2 aromatic rings. The number of hydrogen-bond acceptors (Lipinski definition) is 6. The normalized spacial score (nSPS) is 13.9. The molecule has 0 atom stereocenters. The average Bonchev–Trinajstić information content (AvgIpc) is 2.78. The summed E-state index contributed by atoms with van der Waals surface area (Å²) in [5.74, 6) is 1.44. The zero-order valence-electron chi connectivity index (χ0n) is 17.0. The maximum Gasteiger partial charge on any atom is 0.339 e. The van der Waals surface area contributed by atoms with E-state index in [1.54, 1.807) is 26.3 Å². The zero-order chi connectivity index (χ0) is 20.6. The van der Waals surface area contributed by atoms with Crippen LogP contribution < -0.4 is 9.64 Å². The molecular weight excluding hydrogens is 370 g/mol. The van der Waals surface area contributed by atoms with Gasteiger partial charge in [-0.3, -0.25) is 4.79 Å². The lowest BCUT2D eigenvalue weighted by Gasteiger charge is -2.35. The standard InChI is InChI=1S/C22H27N3O4/c1-3-29-22(27)18-7-10-20(23-16-18)24-12-14-25(15-13-24)21(26)11-6-17-4-8-19(28-2)9-5-17/h4-5,7-10,16H,3,6,11-15H2,1-2H3. The van der Waals surface area contributed by atoms with Crippen molar-refractivity contribution < 1.29 is 19.1 Å². The molecule has 0 unspecified atom stereocenters. The van der Waals surface area contributed by atoms with Crippen molar-refractivity contribution in [2.24, 2.45) is 0 Å². The van der Waals surface area contributed by atoms with Gasteiger partial charge in [-0.15, -0.1) is 0 Å². The number of piperazine rings is 1. The van der Waals surface area contributed by atoms with E-state index in [1.807, 2.05) is 35.2 Å². The van der Waals surface area contributed by atoms with Crippen LogP contribution in [0.25, 0.3) is 0 Å². The summed E-state index contributed by atoms with van der Waals surface area (Å²) in [6, 6.07) is 11.4. The van der Waals surface area contributed by atoms with Crippen LogP contribution in [0, 0.1) is 0 Å². The van der Waals surface area contributed by atoms with E-state index in [9.17, 15) is 9.59 Å². The number of ether oxygens (including phenoxy) is 2. The first kappa shape index (κ1) is 20.6. The summed E-state index contributed by atoms with van der Waals surface area (Å²) in [6.45, 7) is 4.90. The number of anilines is 1. The van der Waals surface area contributed by atoms with Gasteiger partial charge < -0.3 is 19.3 Å². The van der Waals surface area contributed by atoms with Crippen molar-refractivity contribution in [2.75, 3.05) is 44.8 Å². The van der Waals surface area contributed by atoms with Crippen molar-refractivity contribution in [3.63, 3.8) is 0 Å². The second-order valence-electron chi connectivity index (χ2n) is 6.84. The second kappa shape index (κ2) is 9.91. The molecule has 0 saturated carbocycles. The number of amides is 1. The van der Waals surface area contributed by atoms with E-state index in [1.165, 1.54) is 0 Å². The van der Waals surface area contributed by atoms with Crippen LogP contribution in [0.1, 0.15) is 29.3 Å². The summed E-state index contributed by atoms with van der Waals surface area (Å²) in [6.07, 6.45) is 2.76. The second-order valence-corrected chi connectivity index (χ2v) is 6.84. The molecule has 29 heavy (non-hydrogen) atoms. The van der Waals surface area contributed by atoms with Gasteiger partial charge in [0.2, 0.25) is 5.91 Å². The Bertz CT molecular complexity index is 813. The van der Waals surface area contributed by atoms with E-state index in [4.69, 9.17) is 9.47 Å². The van der Waals surface area contributed by atoms with Gasteiger partial charge in [0.05, 0.1) is 19.3 Å². The average molecular weight is 397 g/mol. The van der Waals surface area contributed by atoms with Crippen LogP contribution in [0.5, 0.6) is 5.75 Å². The molecule has 0 radical (unpaired) electrons. The van der Waals surface area contributed by atoms with Gasteiger partial charge in [-0.25, -0.2) is 9.78 Å². The first-order valence-electron chi connectivity index (χ1n) is 9.89. The predicted molar refractivity (Wildman–Crippen MR) is 110 cm³/mol. The number of hydrogen-bond donors (Lipinski definition) is 0. The molecule has 1 saturated heterocycles. The van der Waals surface area contributed by atoms with Crippen molar-refractivity contribution in [3.05, 3.63) is 53.7 Å². The third-order valence-electron chi connectivity index (χ3n) is 5.00. The number of carbonyl (C=O) groups excluding carboxylic acids is 2. The van der Waals surface area contributed by atoms with Gasteiger partial charge in [-0.1, -0.05) is 12.1 Å². The Labute approximate surface area is 171 Å². The Morgan fingerprint density at radius 2 is 1.76 bits per heavy atom. The molecule has 1 aliphatic heterocycles. The summed E-state index contributed by atoms with van der Waals surface area (Å²) in [5, 5.41) is 0. The van der Waals surface area contributed by atoms with Crippen LogP contribution in [0.15, 0.2) is 42.6 Å². The molecular formula is C22H27N3O4. The van der Waals surface area contributed by atoms with Gasteiger partial charge in [0, 0.05) is 38.8 Å². The molecule has 0 N–H and O–H groups in total. The third kappa shape index (κ3) is 5.47. The first-order chi connectivity index (χ1) is 14.1. The lowest BCUT2D eigenvalue weighted by molar-refractivity contribution is -0.131. The molecule has 1 fully saturated rings. The minimum absolute atomic E-state index is 0.172. The van der Waals surface area contributed by atoms with Gasteiger partial charge in [0.25, 0.3) is 0 Å². The topological polar surface area (TPSA) is 72.0 Å². The molecule has 1 aromatic carbocycles. The van der Waals surface area contributed by atoms with Crippen LogP contribution >= 0.6 is 0 Å². The lowest BCUT2D eigenvalue weighted by Crippen LogP contribution is -2.49. The van der Waals surface area contributed by atoms with Gasteiger partial charge in [0.15, 0.2) is 0 Å². The van der Waals surface area contributed by atoms with Gasteiger partial charge in [-0.2, -0.15) is 0 Å². The van der Waals surface area contributed by atoms with Gasteiger partial charge in [-0.05, 0) is 43.2 Å². The molecule has 3 rings (SSSR count). The fourth-order valence-electron chi connectivity index (χ4n) is 3.29. The molecule has 1 aliphatic rings. The zero-order valence-corrected chi connectivity index (χ0v) is 17.0. The molecule has 0 aliphatic carbocycles. The number of aryl methyl sites for hydroxylation is 1. The van der Waals surface area contributed by atoms with E-state index in [0.29, 0.717) is 31.7 Å². The van der Waals surface area contributed by atoms with E-state index in [-0.39, 0.29) is 11.9 Å². The number of rotatable bonds is 7. The predicted octanol–water partition coefficient (Wildman–Crippen LogP) is 2.55. The number of aromatic nitrogens is 1. The number of methoxy groups -OCH3 is 1. The monoisotopic (exact) mass is 397 g/mol. The molecule has 1 aromatic heterocycles. The van der Waals surface area contributed by atoms with Crippen LogP contribution in [-0.2, 0) is 16.0 Å². The minimum atomic E-state index is -0.362. The Morgan fingerprint density at radius 3 is 2.34 bits per heavy atom. The van der Waals surface area contributed by atoms with Crippen molar-refractivity contribution in [2.45, 2.75) is 19.8 Å². The minimum Gasteiger partial charge on any atom is -0.497 e. The largest absolute Gasteiger partial charge is 0.497 e. The number of carbonyl (C=O) groups is 2. The molecule has 2 heterocycles. The Hall–Kier alpha value is -3.09. The highest BCUT2D eigenvalue weighted by atomic mass is 16.5. The van der Waals surface area contributed by atoms with E-state index < -0.39 is 0 Å². The summed E-state index contributed by atoms with van der Waals surface area (Å²) in [4.78, 5) is 32.7. The Balaban J connectivity index is 1.46. The maximum atomic E-state index is 12.5. The van der Waals surface area contributed by atoms with Crippen molar-refractivity contribution in [1.29, 1.82) is 0 Å². The molecule has 0 bridgehead atoms. The van der Waals surface area contributed by atoms with Crippen molar-refractivity contribution in [1.82, 2.24) is 9.88 Å². The Kier molecular flexibility index (Phi) is 7.05. The number of pyridine rings is 1. The summed E-state index contributed by atoms with van der Waals surface area (Å²) >= 11 is 0. The van der Waals surface area contributed by atoms with Crippen LogP contribution in [0.3, 0.4) is 0 Å². The molecule has 154 valence electrons. The first-order valence-corrected chi connectivity index (χ1v) is 9.89. The molecule has 1 amide bonds. The summed E-state index contributed by atoms with van der Waals surface area (Å²) in [7, 11) is 1.64. The lowest BCUT2D eigenvalue weighted by atomic mass is 10.1. The summed E-state index contributed by atoms with van der Waals surface area (Å²) in [5.41, 5.74) is 1.58. The third-order valence-corrected chi connectivity index (χ3v) is 5.00. The van der Waals surface area contributed by atoms with Crippen molar-refractivity contribution in [3.8, 4) is 5.75 Å². The van der Waals surface area contributed by atoms with Gasteiger partial charge >= 0.3 is 5.97 Å². The van der Waals surface area contributed by atoms with Crippen LogP contribution in [-0.4, -0.2) is 61.7 Å². The molecule has 0 spiro atoms. The van der Waals surface area contributed by atoms with E-state index >= 15 is 0 Å². The highest BCUT2D eigenvalue weighted by Gasteiger charge is 2.22. The quantitative estimate of drug-likeness (QED) is 0.669.